The standard InChI is InChI=1S/C11H16N4O3/c1-16-8-4-7(6-14-15-11(12)13)5-9(17-2)10(8)18-3/h4-6H,1-3H3,(H4,12,13,15)/p+1/b14-6-. The Morgan fingerprint density at radius 2 is 1.67 bits per heavy atom. The first-order valence-electron chi connectivity index (χ1n) is 5.09. The van der Waals surface area contributed by atoms with E-state index in [9.17, 15) is 0 Å². The number of nitrogens with one attached hydrogen (secondary N) is 1. The van der Waals surface area contributed by atoms with Gasteiger partial charge in [-0.3, -0.25) is 0 Å². The fraction of sp³-hybridized carbons (Fsp3) is 0.273. The Morgan fingerprint density at radius 1 is 1.11 bits per heavy atom. The SMILES string of the molecule is COc1cc(/C=[NH+]\N=C(N)N)cc(OC)c1OC. The van der Waals surface area contributed by atoms with Crippen molar-refractivity contribution in [3.05, 3.63) is 17.7 Å². The minimum atomic E-state index is -0.0568. The van der Waals surface area contributed by atoms with E-state index < -0.39 is 0 Å². The fourth-order valence-electron chi connectivity index (χ4n) is 1.37. The summed E-state index contributed by atoms with van der Waals surface area (Å²) in [4.78, 5) is 0. The van der Waals surface area contributed by atoms with Crippen molar-refractivity contribution in [2.75, 3.05) is 21.3 Å². The smallest absolute Gasteiger partial charge is 0.256 e. The lowest BCUT2D eigenvalue weighted by molar-refractivity contribution is -0.456. The van der Waals surface area contributed by atoms with E-state index in [4.69, 9.17) is 25.7 Å². The van der Waals surface area contributed by atoms with Crippen molar-refractivity contribution in [1.29, 1.82) is 0 Å². The second-order valence-corrected chi connectivity index (χ2v) is 3.27. The monoisotopic (exact) mass is 253 g/mol. The highest BCUT2D eigenvalue weighted by atomic mass is 16.5. The van der Waals surface area contributed by atoms with E-state index in [0.29, 0.717) is 17.2 Å². The molecule has 1 aromatic carbocycles. The number of hydrogen-bond donors (Lipinski definition) is 3. The number of ether oxygens (including phenoxy) is 3. The van der Waals surface area contributed by atoms with Crippen molar-refractivity contribution in [2.45, 2.75) is 0 Å². The summed E-state index contributed by atoms with van der Waals surface area (Å²) in [7, 11) is 4.64. The molecule has 1 aromatic rings. The van der Waals surface area contributed by atoms with Crippen LogP contribution in [0.1, 0.15) is 5.56 Å². The molecule has 0 unspecified atom stereocenters. The third-order valence-corrected chi connectivity index (χ3v) is 2.11. The molecule has 1 rings (SSSR count). The predicted octanol–water partition coefficient (Wildman–Crippen LogP) is -1.60. The lowest BCUT2D eigenvalue weighted by Gasteiger charge is -2.11. The summed E-state index contributed by atoms with van der Waals surface area (Å²) in [5, 5.41) is 6.23. The topological polar surface area (TPSA) is 106 Å². The molecule has 0 fully saturated rings. The quantitative estimate of drug-likeness (QED) is 0.333. The summed E-state index contributed by atoms with van der Waals surface area (Å²) in [5.74, 6) is 1.57. The Labute approximate surface area is 105 Å². The van der Waals surface area contributed by atoms with Gasteiger partial charge in [-0.1, -0.05) is 0 Å². The second-order valence-electron chi connectivity index (χ2n) is 3.27. The van der Waals surface area contributed by atoms with E-state index in [-0.39, 0.29) is 5.96 Å². The van der Waals surface area contributed by atoms with Crippen molar-refractivity contribution in [1.82, 2.24) is 0 Å². The number of nitrogens with two attached hydrogens (primary N) is 2. The van der Waals surface area contributed by atoms with E-state index in [1.807, 2.05) is 0 Å². The van der Waals surface area contributed by atoms with Crippen LogP contribution in [0.4, 0.5) is 0 Å². The van der Waals surface area contributed by atoms with Crippen LogP contribution in [0, 0.1) is 0 Å². The van der Waals surface area contributed by atoms with Crippen LogP contribution in [0.5, 0.6) is 17.2 Å². The Balaban J connectivity index is 3.15. The van der Waals surface area contributed by atoms with E-state index in [0.717, 1.165) is 5.56 Å². The minimum Gasteiger partial charge on any atom is -0.493 e. The average Bonchev–Trinajstić information content (AvgIpc) is 2.36. The van der Waals surface area contributed by atoms with Gasteiger partial charge in [0.2, 0.25) is 12.0 Å². The molecule has 98 valence electrons. The molecule has 0 heterocycles. The molecule has 0 amide bonds. The summed E-state index contributed by atoms with van der Waals surface area (Å²) in [6, 6.07) is 3.52. The van der Waals surface area contributed by atoms with Crippen LogP contribution >= 0.6 is 0 Å². The fourth-order valence-corrected chi connectivity index (χ4v) is 1.37. The van der Waals surface area contributed by atoms with E-state index in [1.54, 1.807) is 39.7 Å². The zero-order valence-corrected chi connectivity index (χ0v) is 10.6. The van der Waals surface area contributed by atoms with E-state index >= 15 is 0 Å². The highest BCUT2D eigenvalue weighted by molar-refractivity contribution is 5.79. The van der Waals surface area contributed by atoms with Gasteiger partial charge in [0.1, 0.15) is 0 Å². The molecule has 0 aliphatic carbocycles. The molecule has 0 atom stereocenters. The van der Waals surface area contributed by atoms with Gasteiger partial charge in [0.05, 0.1) is 21.3 Å². The first-order chi connectivity index (χ1) is 8.62. The Morgan fingerprint density at radius 3 is 2.06 bits per heavy atom. The highest BCUT2D eigenvalue weighted by Gasteiger charge is 2.13. The molecule has 7 heteroatoms. The van der Waals surface area contributed by atoms with Crippen LogP contribution in [0.3, 0.4) is 0 Å². The number of rotatable bonds is 5. The molecule has 0 saturated heterocycles. The Bertz CT molecular complexity index is 442. The number of nitrogens with zero attached hydrogens (tertiary/aromatic N) is 1. The predicted molar refractivity (Wildman–Crippen MR) is 68.0 cm³/mol. The summed E-state index contributed by atoms with van der Waals surface area (Å²) in [6.07, 6.45) is 1.60. The maximum absolute atomic E-state index is 5.21. The number of methoxy groups -OCH3 is 3. The molecule has 7 nitrogen and oxygen atoms in total. The average molecular weight is 253 g/mol. The van der Waals surface area contributed by atoms with Gasteiger partial charge < -0.3 is 25.7 Å². The molecule has 0 spiro atoms. The molecule has 0 radical (unpaired) electrons. The molecule has 0 aromatic heterocycles. The van der Waals surface area contributed by atoms with Crippen molar-refractivity contribution in [2.24, 2.45) is 16.6 Å². The second kappa shape index (κ2) is 6.33. The summed E-state index contributed by atoms with van der Waals surface area (Å²) < 4.78 is 15.6. The Hall–Kier alpha value is -2.44. The highest BCUT2D eigenvalue weighted by Crippen LogP contribution is 2.37. The molecular weight excluding hydrogens is 236 g/mol. The van der Waals surface area contributed by atoms with Crippen LogP contribution in [0.15, 0.2) is 17.2 Å². The Kier molecular flexibility index (Phi) is 4.79. The lowest BCUT2D eigenvalue weighted by atomic mass is 10.2. The van der Waals surface area contributed by atoms with Gasteiger partial charge in [-0.25, -0.2) is 0 Å². The van der Waals surface area contributed by atoms with Crippen LogP contribution in [0.2, 0.25) is 0 Å². The number of guanidine groups is 1. The van der Waals surface area contributed by atoms with Gasteiger partial charge >= 0.3 is 0 Å². The third kappa shape index (κ3) is 3.27. The van der Waals surface area contributed by atoms with E-state index in [1.165, 1.54) is 0 Å². The zero-order chi connectivity index (χ0) is 13.5. The zero-order valence-electron chi connectivity index (χ0n) is 10.6. The molecule has 18 heavy (non-hydrogen) atoms. The minimum absolute atomic E-state index is 0.0568. The van der Waals surface area contributed by atoms with Crippen LogP contribution in [0.25, 0.3) is 0 Å². The molecule has 0 saturated carbocycles. The first kappa shape index (κ1) is 13.6. The maximum Gasteiger partial charge on any atom is 0.256 e. The summed E-state index contributed by atoms with van der Waals surface area (Å²) in [6.45, 7) is 0. The number of hydrazone groups is 1. The molecular formula is C11H17N4O3+. The van der Waals surface area contributed by atoms with Crippen LogP contribution in [-0.2, 0) is 0 Å². The number of hydrogen-bond acceptors (Lipinski definition) is 4. The van der Waals surface area contributed by atoms with Gasteiger partial charge in [-0.15, -0.1) is 5.10 Å². The third-order valence-electron chi connectivity index (χ3n) is 2.11. The maximum atomic E-state index is 5.21. The molecule has 0 aliphatic heterocycles. The van der Waals surface area contributed by atoms with Gasteiger partial charge in [-0.2, -0.15) is 0 Å². The summed E-state index contributed by atoms with van der Waals surface area (Å²) >= 11 is 0. The van der Waals surface area contributed by atoms with Crippen molar-refractivity contribution >= 4 is 12.2 Å². The largest absolute Gasteiger partial charge is 0.493 e. The van der Waals surface area contributed by atoms with Gasteiger partial charge in [0.25, 0.3) is 5.96 Å². The van der Waals surface area contributed by atoms with Crippen molar-refractivity contribution < 1.29 is 19.3 Å². The molecule has 0 bridgehead atoms. The van der Waals surface area contributed by atoms with Gasteiger partial charge in [0.15, 0.2) is 11.5 Å². The van der Waals surface area contributed by atoms with Crippen LogP contribution in [-0.4, -0.2) is 33.5 Å². The van der Waals surface area contributed by atoms with Gasteiger partial charge in [0, 0.05) is 10.7 Å². The first-order valence-corrected chi connectivity index (χ1v) is 5.09. The van der Waals surface area contributed by atoms with E-state index in [2.05, 4.69) is 10.2 Å². The molecule has 0 aliphatic rings. The normalized spacial score (nSPS) is 10.2. The van der Waals surface area contributed by atoms with Crippen molar-refractivity contribution in [3.63, 3.8) is 0 Å². The van der Waals surface area contributed by atoms with Crippen molar-refractivity contribution in [3.8, 4) is 17.2 Å². The van der Waals surface area contributed by atoms with Crippen LogP contribution < -0.4 is 30.8 Å². The summed E-state index contributed by atoms with van der Waals surface area (Å²) in [5.41, 5.74) is 11.2. The lowest BCUT2D eigenvalue weighted by Crippen LogP contribution is -2.63. The molecule has 5 N–H and O–H groups in total. The van der Waals surface area contributed by atoms with Gasteiger partial charge in [-0.05, 0) is 12.1 Å². The number of benzene rings is 1.